The average Bonchev–Trinajstić information content (AvgIpc) is 2.76. The summed E-state index contributed by atoms with van der Waals surface area (Å²) in [6, 6.07) is 14.9. The smallest absolute Gasteiger partial charge is 0.159 e. The molecule has 3 aromatic rings. The zero-order valence-electron chi connectivity index (χ0n) is 17.6. The molecule has 1 aromatic heterocycles. The predicted octanol–water partition coefficient (Wildman–Crippen LogP) is 7.93. The van der Waals surface area contributed by atoms with Crippen molar-refractivity contribution < 1.29 is 0 Å². The van der Waals surface area contributed by atoms with Crippen LogP contribution in [0.4, 0.5) is 0 Å². The van der Waals surface area contributed by atoms with E-state index in [2.05, 4.69) is 60.2 Å². The van der Waals surface area contributed by atoms with Crippen molar-refractivity contribution in [2.24, 2.45) is 0 Å². The van der Waals surface area contributed by atoms with E-state index in [4.69, 9.17) is 11.6 Å². The Labute approximate surface area is 180 Å². The number of hydrogen-bond donors (Lipinski definition) is 0. The van der Waals surface area contributed by atoms with Crippen LogP contribution in [0.5, 0.6) is 0 Å². The minimum Gasteiger partial charge on any atom is -0.236 e. The van der Waals surface area contributed by atoms with Gasteiger partial charge in [-0.25, -0.2) is 9.97 Å². The monoisotopic (exact) mass is 406 g/mol. The molecule has 0 amide bonds. The zero-order chi connectivity index (χ0) is 20.5. The zero-order valence-corrected chi connectivity index (χ0v) is 18.4. The van der Waals surface area contributed by atoms with Gasteiger partial charge in [0.25, 0.3) is 0 Å². The van der Waals surface area contributed by atoms with Crippen molar-refractivity contribution >= 4 is 11.6 Å². The number of benzene rings is 2. The molecular formula is C26H31ClN2. The molecule has 0 N–H and O–H groups in total. The van der Waals surface area contributed by atoms with Crippen LogP contribution >= 0.6 is 11.6 Å². The summed E-state index contributed by atoms with van der Waals surface area (Å²) in [5.74, 6) is 0.760. The Kier molecular flexibility index (Phi) is 8.25. The van der Waals surface area contributed by atoms with Gasteiger partial charge in [-0.3, -0.25) is 0 Å². The number of aryl methyl sites for hydroxylation is 2. The van der Waals surface area contributed by atoms with Gasteiger partial charge in [-0.1, -0.05) is 87.5 Å². The van der Waals surface area contributed by atoms with E-state index in [0.29, 0.717) is 0 Å². The van der Waals surface area contributed by atoms with Gasteiger partial charge in [0, 0.05) is 28.5 Å². The van der Waals surface area contributed by atoms with Crippen molar-refractivity contribution in [3.05, 3.63) is 71.0 Å². The van der Waals surface area contributed by atoms with Crippen molar-refractivity contribution in [1.29, 1.82) is 0 Å². The molecule has 0 radical (unpaired) electrons. The maximum atomic E-state index is 6.50. The summed E-state index contributed by atoms with van der Waals surface area (Å²) in [5.41, 5.74) is 5.71. The molecule has 3 heteroatoms. The Bertz CT molecular complexity index is 886. The predicted molar refractivity (Wildman–Crippen MR) is 124 cm³/mol. The highest BCUT2D eigenvalue weighted by Crippen LogP contribution is 2.27. The summed E-state index contributed by atoms with van der Waals surface area (Å²) in [6.45, 7) is 4.45. The Balaban J connectivity index is 1.67. The lowest BCUT2D eigenvalue weighted by Crippen LogP contribution is -1.92. The van der Waals surface area contributed by atoms with Gasteiger partial charge in [0.15, 0.2) is 5.82 Å². The molecule has 0 fully saturated rings. The molecular weight excluding hydrogens is 376 g/mol. The summed E-state index contributed by atoms with van der Waals surface area (Å²) in [4.78, 5) is 9.18. The molecule has 0 atom stereocenters. The SMILES string of the molecule is CCCCCc1ccc(-c2ncc(-c3ccc(CCCCC)c(Cl)c3)cn2)cc1. The third-order valence-electron chi connectivity index (χ3n) is 5.37. The van der Waals surface area contributed by atoms with E-state index >= 15 is 0 Å². The van der Waals surface area contributed by atoms with Crippen molar-refractivity contribution in [2.75, 3.05) is 0 Å². The summed E-state index contributed by atoms with van der Waals surface area (Å²) < 4.78 is 0. The highest BCUT2D eigenvalue weighted by Gasteiger charge is 2.07. The second-order valence-corrected chi connectivity index (χ2v) is 8.12. The lowest BCUT2D eigenvalue weighted by atomic mass is 10.0. The highest BCUT2D eigenvalue weighted by atomic mass is 35.5. The lowest BCUT2D eigenvalue weighted by molar-refractivity contribution is 0.717. The van der Waals surface area contributed by atoms with E-state index in [0.717, 1.165) is 40.4 Å². The van der Waals surface area contributed by atoms with E-state index in [1.54, 1.807) is 0 Å². The molecule has 3 rings (SSSR count). The van der Waals surface area contributed by atoms with Gasteiger partial charge in [-0.2, -0.15) is 0 Å². The van der Waals surface area contributed by atoms with E-state index in [1.807, 2.05) is 18.5 Å². The minimum atomic E-state index is 0.760. The molecule has 0 saturated carbocycles. The van der Waals surface area contributed by atoms with Gasteiger partial charge in [-0.15, -0.1) is 0 Å². The van der Waals surface area contributed by atoms with Gasteiger partial charge < -0.3 is 0 Å². The first-order valence-electron chi connectivity index (χ1n) is 10.9. The highest BCUT2D eigenvalue weighted by molar-refractivity contribution is 6.31. The number of halogens is 1. The molecule has 0 aliphatic carbocycles. The summed E-state index contributed by atoms with van der Waals surface area (Å²) >= 11 is 6.50. The Morgan fingerprint density at radius 3 is 1.93 bits per heavy atom. The Morgan fingerprint density at radius 2 is 1.31 bits per heavy atom. The van der Waals surface area contributed by atoms with Crippen LogP contribution in [0, 0.1) is 0 Å². The van der Waals surface area contributed by atoms with Crippen LogP contribution < -0.4 is 0 Å². The van der Waals surface area contributed by atoms with Crippen molar-refractivity contribution in [1.82, 2.24) is 9.97 Å². The van der Waals surface area contributed by atoms with Crippen LogP contribution in [0.15, 0.2) is 54.9 Å². The molecule has 152 valence electrons. The molecule has 0 aliphatic heterocycles. The number of unbranched alkanes of at least 4 members (excludes halogenated alkanes) is 4. The molecule has 0 aliphatic rings. The number of nitrogens with zero attached hydrogens (tertiary/aromatic N) is 2. The fourth-order valence-electron chi connectivity index (χ4n) is 3.52. The standard InChI is InChI=1S/C26H31ClN2/c1-3-5-7-9-20-11-13-22(14-12-20)26-28-18-24(19-29-26)23-16-15-21(25(27)17-23)10-8-6-4-2/h11-19H,3-10H2,1-2H3. The maximum Gasteiger partial charge on any atom is 0.159 e. The minimum absolute atomic E-state index is 0.760. The van der Waals surface area contributed by atoms with Crippen molar-refractivity contribution in [3.63, 3.8) is 0 Å². The number of hydrogen-bond acceptors (Lipinski definition) is 2. The van der Waals surface area contributed by atoms with Crippen LogP contribution in [-0.2, 0) is 12.8 Å². The normalized spacial score (nSPS) is 11.0. The van der Waals surface area contributed by atoms with Gasteiger partial charge >= 0.3 is 0 Å². The molecule has 1 heterocycles. The first-order chi connectivity index (χ1) is 14.2. The van der Waals surface area contributed by atoms with Gasteiger partial charge in [0.2, 0.25) is 0 Å². The van der Waals surface area contributed by atoms with Crippen LogP contribution in [-0.4, -0.2) is 9.97 Å². The van der Waals surface area contributed by atoms with Crippen LogP contribution in [0.1, 0.15) is 63.5 Å². The quantitative estimate of drug-likeness (QED) is 0.319. The summed E-state index contributed by atoms with van der Waals surface area (Å²) in [7, 11) is 0. The molecule has 2 nitrogen and oxygen atoms in total. The first kappa shape index (κ1) is 21.5. The lowest BCUT2D eigenvalue weighted by Gasteiger charge is -2.08. The number of aromatic nitrogens is 2. The molecule has 0 bridgehead atoms. The van der Waals surface area contributed by atoms with E-state index in [9.17, 15) is 0 Å². The van der Waals surface area contributed by atoms with Crippen LogP contribution in [0.2, 0.25) is 5.02 Å². The van der Waals surface area contributed by atoms with Crippen molar-refractivity contribution in [3.8, 4) is 22.5 Å². The number of rotatable bonds is 10. The first-order valence-corrected chi connectivity index (χ1v) is 11.3. The average molecular weight is 407 g/mol. The molecule has 0 unspecified atom stereocenters. The van der Waals surface area contributed by atoms with E-state index in [1.165, 1.54) is 49.7 Å². The van der Waals surface area contributed by atoms with Gasteiger partial charge in [0.05, 0.1) is 0 Å². The second kappa shape index (κ2) is 11.1. The molecule has 0 spiro atoms. The van der Waals surface area contributed by atoms with Crippen LogP contribution in [0.25, 0.3) is 22.5 Å². The summed E-state index contributed by atoms with van der Waals surface area (Å²) in [6.07, 6.45) is 13.4. The summed E-state index contributed by atoms with van der Waals surface area (Å²) in [5, 5.41) is 0.835. The second-order valence-electron chi connectivity index (χ2n) is 7.71. The van der Waals surface area contributed by atoms with E-state index < -0.39 is 0 Å². The maximum absolute atomic E-state index is 6.50. The Morgan fingerprint density at radius 1 is 0.690 bits per heavy atom. The fourth-order valence-corrected chi connectivity index (χ4v) is 3.80. The topological polar surface area (TPSA) is 25.8 Å². The Hall–Kier alpha value is -2.19. The van der Waals surface area contributed by atoms with E-state index in [-0.39, 0.29) is 0 Å². The van der Waals surface area contributed by atoms with Gasteiger partial charge in [-0.05, 0) is 48.4 Å². The third kappa shape index (κ3) is 6.14. The van der Waals surface area contributed by atoms with Crippen LogP contribution in [0.3, 0.4) is 0 Å². The van der Waals surface area contributed by atoms with Crippen molar-refractivity contribution in [2.45, 2.75) is 65.2 Å². The fraction of sp³-hybridized carbons (Fsp3) is 0.385. The van der Waals surface area contributed by atoms with Gasteiger partial charge in [0.1, 0.15) is 0 Å². The molecule has 29 heavy (non-hydrogen) atoms. The largest absolute Gasteiger partial charge is 0.236 e. The molecule has 0 saturated heterocycles. The molecule has 2 aromatic carbocycles. The third-order valence-corrected chi connectivity index (χ3v) is 5.72.